The molecule has 1 saturated heterocycles. The number of rotatable bonds is 6. The molecule has 2 N–H and O–H groups in total. The van der Waals surface area contributed by atoms with Crippen LogP contribution in [0.15, 0.2) is 41.3 Å². The van der Waals surface area contributed by atoms with Gasteiger partial charge in [0, 0.05) is 12.1 Å². The average Bonchev–Trinajstić information content (AvgIpc) is 3.25. The Hall–Kier alpha value is -1.90. The zero-order chi connectivity index (χ0) is 22.0. The molecule has 0 amide bonds. The lowest BCUT2D eigenvalue weighted by Crippen LogP contribution is -2.47. The van der Waals surface area contributed by atoms with Crippen molar-refractivity contribution < 1.29 is 17.2 Å². The first-order chi connectivity index (χ1) is 14.8. The van der Waals surface area contributed by atoms with Crippen molar-refractivity contribution in [2.24, 2.45) is 0 Å². The van der Waals surface area contributed by atoms with Crippen molar-refractivity contribution in [3.8, 4) is 0 Å². The molecule has 2 aromatic rings. The van der Waals surface area contributed by atoms with Gasteiger partial charge in [0.2, 0.25) is 0 Å². The molecule has 0 bridgehead atoms. The SMILES string of the molecule is O=S(=O)(Nc1cccc(F)c1)c1cc(Cl)c(N[C@H]2CCCC[C@@H]2N2CCCC2)cc1F. The fourth-order valence-electron chi connectivity index (χ4n) is 4.60. The zero-order valence-corrected chi connectivity index (χ0v) is 18.7. The molecule has 2 aromatic carbocycles. The highest BCUT2D eigenvalue weighted by atomic mass is 35.5. The lowest BCUT2D eigenvalue weighted by molar-refractivity contribution is 0.177. The molecular weight excluding hydrogens is 444 g/mol. The van der Waals surface area contributed by atoms with Gasteiger partial charge in [0.1, 0.15) is 16.5 Å². The number of likely N-dealkylation sites (tertiary alicyclic amines) is 1. The Morgan fingerprint density at radius 3 is 2.48 bits per heavy atom. The smallest absolute Gasteiger partial charge is 0.264 e. The Morgan fingerprint density at radius 2 is 1.74 bits per heavy atom. The summed E-state index contributed by atoms with van der Waals surface area (Å²) in [7, 11) is -4.27. The molecule has 31 heavy (non-hydrogen) atoms. The van der Waals surface area contributed by atoms with Gasteiger partial charge in [-0.05, 0) is 69.1 Å². The van der Waals surface area contributed by atoms with Gasteiger partial charge in [-0.25, -0.2) is 17.2 Å². The van der Waals surface area contributed by atoms with Crippen LogP contribution in [0.3, 0.4) is 0 Å². The Morgan fingerprint density at radius 1 is 1.00 bits per heavy atom. The minimum Gasteiger partial charge on any atom is -0.379 e. The third-order valence-corrected chi connectivity index (χ3v) is 7.78. The summed E-state index contributed by atoms with van der Waals surface area (Å²) in [6.07, 6.45) is 6.70. The maximum absolute atomic E-state index is 14.9. The van der Waals surface area contributed by atoms with Gasteiger partial charge in [0.05, 0.1) is 16.4 Å². The summed E-state index contributed by atoms with van der Waals surface area (Å²) in [6, 6.07) is 7.71. The monoisotopic (exact) mass is 469 g/mol. The first kappa shape index (κ1) is 22.3. The van der Waals surface area contributed by atoms with Gasteiger partial charge in [-0.15, -0.1) is 0 Å². The number of hydrogen-bond donors (Lipinski definition) is 2. The van der Waals surface area contributed by atoms with E-state index in [4.69, 9.17) is 11.6 Å². The van der Waals surface area contributed by atoms with Crippen molar-refractivity contribution in [3.63, 3.8) is 0 Å². The fourth-order valence-corrected chi connectivity index (χ4v) is 6.02. The molecule has 2 fully saturated rings. The summed E-state index contributed by atoms with van der Waals surface area (Å²) in [5, 5.41) is 3.51. The van der Waals surface area contributed by atoms with Gasteiger partial charge in [0.15, 0.2) is 0 Å². The van der Waals surface area contributed by atoms with Gasteiger partial charge >= 0.3 is 0 Å². The van der Waals surface area contributed by atoms with Crippen molar-refractivity contribution >= 4 is 33.0 Å². The van der Waals surface area contributed by atoms with Gasteiger partial charge < -0.3 is 5.32 Å². The third kappa shape index (κ3) is 5.13. The van der Waals surface area contributed by atoms with E-state index in [9.17, 15) is 17.2 Å². The van der Waals surface area contributed by atoms with Crippen LogP contribution in [-0.2, 0) is 10.0 Å². The van der Waals surface area contributed by atoms with Crippen molar-refractivity contribution in [1.82, 2.24) is 4.90 Å². The van der Waals surface area contributed by atoms with E-state index in [0.29, 0.717) is 11.7 Å². The van der Waals surface area contributed by atoms with Gasteiger partial charge in [-0.1, -0.05) is 30.5 Å². The summed E-state index contributed by atoms with van der Waals surface area (Å²) in [6.45, 7) is 2.15. The maximum Gasteiger partial charge on any atom is 0.264 e. The molecule has 0 radical (unpaired) electrons. The van der Waals surface area contributed by atoms with Crippen LogP contribution in [0.1, 0.15) is 38.5 Å². The summed E-state index contributed by atoms with van der Waals surface area (Å²) < 4.78 is 55.7. The zero-order valence-electron chi connectivity index (χ0n) is 17.1. The third-order valence-electron chi connectivity index (χ3n) is 6.07. The molecule has 1 aliphatic heterocycles. The minimum atomic E-state index is -4.27. The highest BCUT2D eigenvalue weighted by Crippen LogP contribution is 2.33. The van der Waals surface area contributed by atoms with E-state index in [0.717, 1.165) is 50.6 Å². The number of nitrogens with zero attached hydrogens (tertiary/aromatic N) is 1. The summed E-state index contributed by atoms with van der Waals surface area (Å²) in [5.74, 6) is -1.51. The van der Waals surface area contributed by atoms with Crippen molar-refractivity contribution in [2.45, 2.75) is 55.5 Å². The van der Waals surface area contributed by atoms with Crippen molar-refractivity contribution in [1.29, 1.82) is 0 Å². The first-order valence-corrected chi connectivity index (χ1v) is 12.5. The molecule has 1 saturated carbocycles. The Bertz CT molecular complexity index is 1050. The molecule has 0 spiro atoms. The second-order valence-corrected chi connectivity index (χ2v) is 10.3. The predicted octanol–water partition coefficient (Wildman–Crippen LogP) is 5.24. The molecule has 2 aliphatic rings. The number of sulfonamides is 1. The molecule has 0 unspecified atom stereocenters. The lowest BCUT2D eigenvalue weighted by atomic mass is 9.89. The molecular formula is C22H26ClF2N3O2S. The van der Waals surface area contributed by atoms with Crippen LogP contribution < -0.4 is 10.0 Å². The molecule has 5 nitrogen and oxygen atoms in total. The second-order valence-electron chi connectivity index (χ2n) is 8.22. The Labute approximate surface area is 186 Å². The summed E-state index contributed by atoms with van der Waals surface area (Å²) in [4.78, 5) is 1.91. The largest absolute Gasteiger partial charge is 0.379 e. The summed E-state index contributed by atoms with van der Waals surface area (Å²) >= 11 is 6.37. The topological polar surface area (TPSA) is 61.4 Å². The molecule has 9 heteroatoms. The fraction of sp³-hybridized carbons (Fsp3) is 0.455. The standard InChI is InChI=1S/C22H26ClF2N3O2S/c23-17-13-22(31(29,30)27-16-7-5-6-15(24)12-16)18(25)14-20(17)26-19-8-1-2-9-21(19)28-10-3-4-11-28/h5-7,12-14,19,21,26-27H,1-4,8-11H2/t19-,21-/m0/s1. The van der Waals surface area contributed by atoms with E-state index in [1.807, 2.05) is 0 Å². The molecule has 0 aromatic heterocycles. The van der Waals surface area contributed by atoms with Crippen LogP contribution in [0.2, 0.25) is 5.02 Å². The average molecular weight is 470 g/mol. The normalized spacial score (nSPS) is 22.4. The second kappa shape index (κ2) is 9.30. The molecule has 4 rings (SSSR count). The molecule has 1 aliphatic carbocycles. The number of nitrogens with one attached hydrogen (secondary N) is 2. The highest BCUT2D eigenvalue weighted by Gasteiger charge is 2.32. The first-order valence-electron chi connectivity index (χ1n) is 10.6. The van der Waals surface area contributed by atoms with E-state index in [2.05, 4.69) is 14.9 Å². The molecule has 2 atom stereocenters. The van der Waals surface area contributed by atoms with Gasteiger partial charge in [0.25, 0.3) is 10.0 Å². The number of benzene rings is 2. The molecule has 1 heterocycles. The highest BCUT2D eigenvalue weighted by molar-refractivity contribution is 7.92. The van der Waals surface area contributed by atoms with E-state index in [1.165, 1.54) is 37.5 Å². The van der Waals surface area contributed by atoms with Crippen molar-refractivity contribution in [3.05, 3.63) is 53.1 Å². The van der Waals surface area contributed by atoms with Crippen molar-refractivity contribution in [2.75, 3.05) is 23.1 Å². The Balaban J connectivity index is 1.55. The van der Waals surface area contributed by atoms with E-state index in [-0.39, 0.29) is 16.8 Å². The number of halogens is 3. The van der Waals surface area contributed by atoms with Crippen LogP contribution in [0.5, 0.6) is 0 Å². The predicted molar refractivity (Wildman–Crippen MR) is 119 cm³/mol. The van der Waals surface area contributed by atoms with E-state index < -0.39 is 26.6 Å². The number of hydrogen-bond acceptors (Lipinski definition) is 4. The van der Waals surface area contributed by atoms with Crippen LogP contribution >= 0.6 is 11.6 Å². The van der Waals surface area contributed by atoms with E-state index >= 15 is 0 Å². The van der Waals surface area contributed by atoms with Crippen LogP contribution in [0.4, 0.5) is 20.2 Å². The summed E-state index contributed by atoms with van der Waals surface area (Å²) in [5.41, 5.74) is 0.397. The van der Waals surface area contributed by atoms with Crippen LogP contribution in [0, 0.1) is 11.6 Å². The quantitative estimate of drug-likeness (QED) is 0.607. The Kier molecular flexibility index (Phi) is 6.69. The van der Waals surface area contributed by atoms with Crippen LogP contribution in [-0.4, -0.2) is 38.5 Å². The molecule has 168 valence electrons. The van der Waals surface area contributed by atoms with Gasteiger partial charge in [-0.3, -0.25) is 9.62 Å². The minimum absolute atomic E-state index is 0.00776. The van der Waals surface area contributed by atoms with E-state index in [1.54, 1.807) is 0 Å². The maximum atomic E-state index is 14.9. The number of anilines is 2. The lowest BCUT2D eigenvalue weighted by Gasteiger charge is -2.39. The van der Waals surface area contributed by atoms with Gasteiger partial charge in [-0.2, -0.15) is 0 Å². The van der Waals surface area contributed by atoms with Crippen LogP contribution in [0.25, 0.3) is 0 Å².